The molecule has 0 bridgehead atoms. The van der Waals surface area contributed by atoms with Crippen LogP contribution in [0.4, 0.5) is 5.82 Å². The van der Waals surface area contributed by atoms with Crippen LogP contribution in [-0.4, -0.2) is 49.2 Å². The van der Waals surface area contributed by atoms with Gasteiger partial charge in [-0.2, -0.15) is 0 Å². The van der Waals surface area contributed by atoms with Gasteiger partial charge in [0.15, 0.2) is 0 Å². The number of hydrogen-bond acceptors (Lipinski definition) is 4. The predicted octanol–water partition coefficient (Wildman–Crippen LogP) is 2.67. The summed E-state index contributed by atoms with van der Waals surface area (Å²) in [6.07, 6.45) is 6.09. The summed E-state index contributed by atoms with van der Waals surface area (Å²) in [7, 11) is 0. The van der Waals surface area contributed by atoms with Gasteiger partial charge >= 0.3 is 0 Å². The average molecular weight is 302 g/mol. The Hall–Kier alpha value is -1.13. The van der Waals surface area contributed by atoms with Crippen LogP contribution in [0.5, 0.6) is 0 Å². The zero-order chi connectivity index (χ0) is 15.4. The van der Waals surface area contributed by atoms with E-state index in [9.17, 15) is 0 Å². The number of pyridine rings is 1. The Morgan fingerprint density at radius 3 is 2.68 bits per heavy atom. The lowest BCUT2D eigenvalue weighted by atomic mass is 9.95. The number of anilines is 1. The van der Waals surface area contributed by atoms with E-state index in [1.165, 1.54) is 37.9 Å². The molecule has 0 amide bonds. The van der Waals surface area contributed by atoms with E-state index in [0.29, 0.717) is 6.04 Å². The first-order chi connectivity index (χ1) is 10.7. The van der Waals surface area contributed by atoms with Crippen molar-refractivity contribution in [2.75, 3.05) is 44.2 Å². The Kier molecular flexibility index (Phi) is 5.32. The van der Waals surface area contributed by atoms with Crippen LogP contribution in [0, 0.1) is 5.92 Å². The van der Waals surface area contributed by atoms with E-state index in [1.54, 1.807) is 0 Å². The first-order valence-electron chi connectivity index (χ1n) is 8.89. The second kappa shape index (κ2) is 7.42. The molecule has 0 aromatic carbocycles. The standard InChI is InChI=1S/C18H30N4/c1-15(2)14-22-10-4-3-5-17(22)16-6-7-18(20-13-16)21-11-8-19-9-12-21/h6-7,13,15,17,19H,3-5,8-12,14H2,1-2H3/t17-/m0/s1. The Labute approximate surface area is 134 Å². The smallest absolute Gasteiger partial charge is 0.128 e. The monoisotopic (exact) mass is 302 g/mol. The summed E-state index contributed by atoms with van der Waals surface area (Å²) >= 11 is 0. The summed E-state index contributed by atoms with van der Waals surface area (Å²) in [4.78, 5) is 9.81. The van der Waals surface area contributed by atoms with Crippen LogP contribution < -0.4 is 10.2 Å². The molecule has 2 aliphatic heterocycles. The van der Waals surface area contributed by atoms with E-state index in [-0.39, 0.29) is 0 Å². The summed E-state index contributed by atoms with van der Waals surface area (Å²) in [6, 6.07) is 5.11. The molecule has 1 N–H and O–H groups in total. The SMILES string of the molecule is CC(C)CN1CCCC[C@H]1c1ccc(N2CCNCC2)nc1. The third-order valence-corrected chi connectivity index (χ3v) is 4.81. The van der Waals surface area contributed by atoms with E-state index in [0.717, 1.165) is 37.9 Å². The number of likely N-dealkylation sites (tertiary alicyclic amines) is 1. The van der Waals surface area contributed by atoms with Gasteiger partial charge in [-0.25, -0.2) is 4.98 Å². The number of nitrogens with one attached hydrogen (secondary N) is 1. The molecule has 1 atom stereocenters. The zero-order valence-electron chi connectivity index (χ0n) is 14.1. The summed E-state index contributed by atoms with van der Waals surface area (Å²) in [5.41, 5.74) is 1.40. The van der Waals surface area contributed by atoms with Crippen molar-refractivity contribution in [1.29, 1.82) is 0 Å². The number of nitrogens with zero attached hydrogens (tertiary/aromatic N) is 3. The molecule has 1 aromatic rings. The molecule has 122 valence electrons. The topological polar surface area (TPSA) is 31.4 Å². The summed E-state index contributed by atoms with van der Waals surface area (Å²) in [5, 5.41) is 3.40. The molecule has 4 nitrogen and oxygen atoms in total. The van der Waals surface area contributed by atoms with E-state index in [2.05, 4.69) is 47.3 Å². The van der Waals surface area contributed by atoms with Crippen molar-refractivity contribution in [3.63, 3.8) is 0 Å². The van der Waals surface area contributed by atoms with Crippen LogP contribution in [0.3, 0.4) is 0 Å². The first kappa shape index (κ1) is 15.8. The highest BCUT2D eigenvalue weighted by Gasteiger charge is 2.24. The molecule has 3 heterocycles. The normalized spacial score (nSPS) is 24.0. The lowest BCUT2D eigenvalue weighted by molar-refractivity contribution is 0.132. The fourth-order valence-electron chi connectivity index (χ4n) is 3.73. The Morgan fingerprint density at radius 1 is 1.18 bits per heavy atom. The second-order valence-electron chi connectivity index (χ2n) is 7.09. The van der Waals surface area contributed by atoms with Gasteiger partial charge in [0.25, 0.3) is 0 Å². The summed E-state index contributed by atoms with van der Waals surface area (Å²) in [6.45, 7) is 11.3. The fourth-order valence-corrected chi connectivity index (χ4v) is 3.73. The maximum Gasteiger partial charge on any atom is 0.128 e. The van der Waals surface area contributed by atoms with Gasteiger partial charge in [0.05, 0.1) is 0 Å². The Morgan fingerprint density at radius 2 is 2.00 bits per heavy atom. The molecule has 2 saturated heterocycles. The van der Waals surface area contributed by atoms with Crippen molar-refractivity contribution in [2.45, 2.75) is 39.2 Å². The third-order valence-electron chi connectivity index (χ3n) is 4.81. The second-order valence-corrected chi connectivity index (χ2v) is 7.09. The molecule has 0 spiro atoms. The molecular formula is C18H30N4. The van der Waals surface area contributed by atoms with Crippen molar-refractivity contribution in [3.05, 3.63) is 23.9 Å². The molecule has 4 heteroatoms. The number of piperidine rings is 1. The van der Waals surface area contributed by atoms with Gasteiger partial charge in [0.2, 0.25) is 0 Å². The molecular weight excluding hydrogens is 272 g/mol. The van der Waals surface area contributed by atoms with Crippen LogP contribution >= 0.6 is 0 Å². The zero-order valence-corrected chi connectivity index (χ0v) is 14.1. The van der Waals surface area contributed by atoms with Crippen molar-refractivity contribution >= 4 is 5.82 Å². The highest BCUT2D eigenvalue weighted by molar-refractivity contribution is 5.40. The average Bonchev–Trinajstić information content (AvgIpc) is 2.56. The molecule has 2 fully saturated rings. The molecule has 0 saturated carbocycles. The van der Waals surface area contributed by atoms with Crippen molar-refractivity contribution < 1.29 is 0 Å². The summed E-state index contributed by atoms with van der Waals surface area (Å²) < 4.78 is 0. The maximum atomic E-state index is 4.76. The van der Waals surface area contributed by atoms with Crippen LogP contribution in [0.1, 0.15) is 44.7 Å². The van der Waals surface area contributed by atoms with Crippen LogP contribution in [0.25, 0.3) is 0 Å². The van der Waals surface area contributed by atoms with E-state index >= 15 is 0 Å². The molecule has 1 aromatic heterocycles. The minimum Gasteiger partial charge on any atom is -0.354 e. The minimum atomic E-state index is 0.570. The molecule has 0 unspecified atom stereocenters. The Balaban J connectivity index is 1.70. The molecule has 2 aliphatic rings. The maximum absolute atomic E-state index is 4.76. The van der Waals surface area contributed by atoms with Crippen molar-refractivity contribution in [1.82, 2.24) is 15.2 Å². The highest BCUT2D eigenvalue weighted by Crippen LogP contribution is 2.31. The third kappa shape index (κ3) is 3.79. The van der Waals surface area contributed by atoms with Crippen molar-refractivity contribution in [2.24, 2.45) is 5.92 Å². The van der Waals surface area contributed by atoms with Crippen molar-refractivity contribution in [3.8, 4) is 0 Å². The van der Waals surface area contributed by atoms with Gasteiger partial charge in [-0.05, 0) is 36.9 Å². The van der Waals surface area contributed by atoms with Crippen LogP contribution in [0.15, 0.2) is 18.3 Å². The van der Waals surface area contributed by atoms with Gasteiger partial charge in [0, 0.05) is 45.0 Å². The largest absolute Gasteiger partial charge is 0.354 e. The fraction of sp³-hybridized carbons (Fsp3) is 0.722. The lowest BCUT2D eigenvalue weighted by Gasteiger charge is -2.37. The van der Waals surface area contributed by atoms with Crippen LogP contribution in [0.2, 0.25) is 0 Å². The lowest BCUT2D eigenvalue weighted by Crippen LogP contribution is -2.43. The summed E-state index contributed by atoms with van der Waals surface area (Å²) in [5.74, 6) is 1.87. The van der Waals surface area contributed by atoms with E-state index in [4.69, 9.17) is 4.98 Å². The highest BCUT2D eigenvalue weighted by atomic mass is 15.2. The number of aromatic nitrogens is 1. The quantitative estimate of drug-likeness (QED) is 0.926. The molecule has 22 heavy (non-hydrogen) atoms. The molecule has 3 rings (SSSR count). The van der Waals surface area contributed by atoms with Gasteiger partial charge in [-0.15, -0.1) is 0 Å². The van der Waals surface area contributed by atoms with Gasteiger partial charge in [-0.3, -0.25) is 4.90 Å². The Bertz CT molecular complexity index is 451. The van der Waals surface area contributed by atoms with E-state index in [1.807, 2.05) is 0 Å². The minimum absolute atomic E-state index is 0.570. The van der Waals surface area contributed by atoms with Gasteiger partial charge in [-0.1, -0.05) is 26.3 Å². The number of rotatable bonds is 4. The number of hydrogen-bond donors (Lipinski definition) is 1. The number of piperazine rings is 1. The molecule has 0 radical (unpaired) electrons. The first-order valence-corrected chi connectivity index (χ1v) is 8.89. The van der Waals surface area contributed by atoms with Gasteiger partial charge in [0.1, 0.15) is 5.82 Å². The van der Waals surface area contributed by atoms with E-state index < -0.39 is 0 Å². The van der Waals surface area contributed by atoms with Crippen LogP contribution in [-0.2, 0) is 0 Å². The predicted molar refractivity (Wildman–Crippen MR) is 92.3 cm³/mol. The van der Waals surface area contributed by atoms with Gasteiger partial charge < -0.3 is 10.2 Å². The molecule has 0 aliphatic carbocycles.